The van der Waals surface area contributed by atoms with Crippen LogP contribution in [0.15, 0.2) is 41.1 Å². The lowest BCUT2D eigenvalue weighted by molar-refractivity contribution is -0.141. The Balaban J connectivity index is 1.16. The number of halogens is 2. The third kappa shape index (κ3) is 3.51. The van der Waals surface area contributed by atoms with Crippen LogP contribution < -0.4 is 0 Å². The normalized spacial score (nSPS) is 31.8. The van der Waals surface area contributed by atoms with Crippen molar-refractivity contribution in [2.45, 2.75) is 62.8 Å². The van der Waals surface area contributed by atoms with E-state index in [1.54, 1.807) is 18.2 Å². The summed E-state index contributed by atoms with van der Waals surface area (Å²) < 4.78 is 12.3. The molecule has 0 aliphatic heterocycles. The van der Waals surface area contributed by atoms with Gasteiger partial charge in [0, 0.05) is 28.7 Å². The van der Waals surface area contributed by atoms with Crippen LogP contribution in [0.3, 0.4) is 0 Å². The number of hydrogen-bond acceptors (Lipinski definition) is 6. The van der Waals surface area contributed by atoms with Crippen LogP contribution in [-0.4, -0.2) is 32.4 Å². The highest BCUT2D eigenvalue weighted by molar-refractivity contribution is 6.39. The molecule has 3 aromatic rings. The van der Waals surface area contributed by atoms with E-state index in [9.17, 15) is 15.0 Å². The molecule has 4 saturated carbocycles. The van der Waals surface area contributed by atoms with Crippen molar-refractivity contribution in [3.8, 4) is 11.3 Å². The van der Waals surface area contributed by atoms with Crippen LogP contribution in [0.1, 0.15) is 71.8 Å². The van der Waals surface area contributed by atoms with Crippen LogP contribution in [0.25, 0.3) is 11.3 Å². The number of rotatable bonds is 7. The summed E-state index contributed by atoms with van der Waals surface area (Å²) in [5.41, 5.74) is 1.35. The number of fused-ring (bicyclic) bond motifs is 1. The first kappa shape index (κ1) is 23.7. The zero-order chi connectivity index (χ0) is 25.5. The van der Waals surface area contributed by atoms with E-state index in [2.05, 4.69) is 10.1 Å². The van der Waals surface area contributed by atoms with Gasteiger partial charge in [0.15, 0.2) is 0 Å². The standard InChI is InChI=1S/C28H26Cl2N2O5/c29-20-2-1-3-21(30)23(20)24-19(25(37-32-24)14-4-5-14)13-36-18-10-16-9-17-11-27(17,12-18)28(16,35)22-8-15(26(33)34)6-7-31-22/h1-3,6-8,14,16-18,35H,4-5,9-13H2,(H,33,34)/t16-,17?,18-,27?,28-/m0/s1. The lowest BCUT2D eigenvalue weighted by Gasteiger charge is -2.45. The van der Waals surface area contributed by atoms with Crippen molar-refractivity contribution < 1.29 is 24.3 Å². The van der Waals surface area contributed by atoms with Gasteiger partial charge in [-0.15, -0.1) is 0 Å². The lowest BCUT2D eigenvalue weighted by atomic mass is 9.66. The summed E-state index contributed by atoms with van der Waals surface area (Å²) in [6, 6.07) is 8.39. The Bertz CT molecular complexity index is 1400. The van der Waals surface area contributed by atoms with Crippen LogP contribution in [0, 0.1) is 17.3 Å². The summed E-state index contributed by atoms with van der Waals surface area (Å²) in [6.07, 6.45) is 6.75. The zero-order valence-corrected chi connectivity index (χ0v) is 21.5. The van der Waals surface area contributed by atoms with Crippen LogP contribution >= 0.6 is 23.2 Å². The number of benzene rings is 1. The molecule has 5 atom stereocenters. The van der Waals surface area contributed by atoms with Crippen molar-refractivity contribution in [2.24, 2.45) is 17.3 Å². The average molecular weight is 541 g/mol. The van der Waals surface area contributed by atoms with Gasteiger partial charge in [-0.05, 0) is 74.6 Å². The topological polar surface area (TPSA) is 106 Å². The van der Waals surface area contributed by atoms with Gasteiger partial charge < -0.3 is 19.5 Å². The Hall–Kier alpha value is -2.45. The number of carboxylic acids is 1. The van der Waals surface area contributed by atoms with Crippen molar-refractivity contribution >= 4 is 29.2 Å². The van der Waals surface area contributed by atoms with Crippen molar-refractivity contribution in [2.75, 3.05) is 0 Å². The van der Waals surface area contributed by atoms with Gasteiger partial charge in [-0.3, -0.25) is 4.98 Å². The predicted molar refractivity (Wildman–Crippen MR) is 135 cm³/mol. The van der Waals surface area contributed by atoms with E-state index in [1.807, 2.05) is 0 Å². The Kier molecular flexibility index (Phi) is 5.29. The number of hydrogen-bond donors (Lipinski definition) is 2. The molecule has 4 fully saturated rings. The molecular weight excluding hydrogens is 515 g/mol. The fourth-order valence-electron chi connectivity index (χ4n) is 7.17. The molecule has 2 N–H and O–H groups in total. The molecule has 2 aromatic heterocycles. The monoisotopic (exact) mass is 540 g/mol. The van der Waals surface area contributed by atoms with Gasteiger partial charge in [0.1, 0.15) is 17.1 Å². The number of nitrogens with zero attached hydrogens (tertiary/aromatic N) is 2. The molecule has 9 heteroatoms. The minimum atomic E-state index is -1.13. The Labute approximate surface area is 223 Å². The fourth-order valence-corrected chi connectivity index (χ4v) is 7.75. The van der Waals surface area contributed by atoms with Crippen molar-refractivity contribution in [3.63, 3.8) is 0 Å². The maximum atomic E-state index is 12.0. The smallest absolute Gasteiger partial charge is 0.335 e. The molecule has 2 heterocycles. The van der Waals surface area contributed by atoms with Gasteiger partial charge in [0.2, 0.25) is 0 Å². The highest BCUT2D eigenvalue weighted by Gasteiger charge is 2.77. The number of aromatic nitrogens is 2. The van der Waals surface area contributed by atoms with Gasteiger partial charge in [-0.1, -0.05) is 34.4 Å². The average Bonchev–Trinajstić information content (AvgIpc) is 3.78. The number of carboxylic acid groups (broad SMARTS) is 1. The second kappa shape index (κ2) is 8.27. The molecule has 0 saturated heterocycles. The molecule has 1 aromatic carbocycles. The second-order valence-corrected chi connectivity index (χ2v) is 11.9. The van der Waals surface area contributed by atoms with E-state index in [1.165, 1.54) is 18.3 Å². The summed E-state index contributed by atoms with van der Waals surface area (Å²) in [4.78, 5) is 16.0. The van der Waals surface area contributed by atoms with Gasteiger partial charge in [0.25, 0.3) is 0 Å². The van der Waals surface area contributed by atoms with Gasteiger partial charge in [-0.25, -0.2) is 4.79 Å². The summed E-state index contributed by atoms with van der Waals surface area (Å²) in [6.45, 7) is 0.329. The Morgan fingerprint density at radius 2 is 1.92 bits per heavy atom. The van der Waals surface area contributed by atoms with Crippen molar-refractivity contribution in [3.05, 3.63) is 69.2 Å². The van der Waals surface area contributed by atoms with E-state index in [-0.39, 0.29) is 23.0 Å². The van der Waals surface area contributed by atoms with Gasteiger partial charge in [-0.2, -0.15) is 0 Å². The van der Waals surface area contributed by atoms with Crippen molar-refractivity contribution in [1.29, 1.82) is 0 Å². The van der Waals surface area contributed by atoms with Crippen LogP contribution in [0.2, 0.25) is 10.0 Å². The van der Waals surface area contributed by atoms with E-state index in [0.29, 0.717) is 58.3 Å². The molecule has 4 aliphatic carbocycles. The number of aliphatic hydroxyl groups is 1. The van der Waals surface area contributed by atoms with E-state index in [0.717, 1.165) is 37.0 Å². The van der Waals surface area contributed by atoms with Crippen LogP contribution in [0.4, 0.5) is 0 Å². The first-order valence-electron chi connectivity index (χ1n) is 12.8. The second-order valence-electron chi connectivity index (χ2n) is 11.1. The van der Waals surface area contributed by atoms with Gasteiger partial charge >= 0.3 is 5.97 Å². The van der Waals surface area contributed by atoms with Gasteiger partial charge in [0.05, 0.1) is 34.0 Å². The van der Waals surface area contributed by atoms with E-state index < -0.39 is 11.6 Å². The highest BCUT2D eigenvalue weighted by atomic mass is 35.5. The van der Waals surface area contributed by atoms with Crippen LogP contribution in [-0.2, 0) is 16.9 Å². The number of aromatic carboxylic acids is 1. The van der Waals surface area contributed by atoms with E-state index >= 15 is 0 Å². The summed E-state index contributed by atoms with van der Waals surface area (Å²) in [7, 11) is 0. The molecule has 0 amide bonds. The third-order valence-corrected chi connectivity index (χ3v) is 9.75. The third-order valence-electron chi connectivity index (χ3n) is 9.12. The van der Waals surface area contributed by atoms with E-state index in [4.69, 9.17) is 32.5 Å². The minimum absolute atomic E-state index is 0.0376. The SMILES string of the molecule is O=C(O)c1ccnc([C@@]2(O)[C@H]3CC4CC42C[C@@H](OCc2c(-c4c(Cl)cccc4Cl)noc2C2CC2)C3)c1. The molecule has 4 aliphatic rings. The molecule has 7 rings (SSSR count). The maximum Gasteiger partial charge on any atom is 0.335 e. The summed E-state index contributed by atoms with van der Waals surface area (Å²) in [5, 5.41) is 26.9. The molecule has 2 bridgehead atoms. The summed E-state index contributed by atoms with van der Waals surface area (Å²) >= 11 is 13.0. The predicted octanol–water partition coefficient (Wildman–Crippen LogP) is 6.21. The number of carbonyl (C=O) groups is 1. The molecule has 0 radical (unpaired) electrons. The largest absolute Gasteiger partial charge is 0.478 e. The van der Waals surface area contributed by atoms with Crippen LogP contribution in [0.5, 0.6) is 0 Å². The summed E-state index contributed by atoms with van der Waals surface area (Å²) in [5.74, 6) is 0.535. The lowest BCUT2D eigenvalue weighted by Crippen LogP contribution is -2.48. The quantitative estimate of drug-likeness (QED) is 0.366. The maximum absolute atomic E-state index is 12.0. The fraction of sp³-hybridized carbons (Fsp3) is 0.464. The number of pyridine rings is 1. The first-order valence-corrected chi connectivity index (χ1v) is 13.5. The molecular formula is C28H26Cl2N2O5. The highest BCUT2D eigenvalue weighted by Crippen LogP contribution is 2.78. The van der Waals surface area contributed by atoms with Crippen molar-refractivity contribution in [1.82, 2.24) is 10.1 Å². The molecule has 37 heavy (non-hydrogen) atoms. The Morgan fingerprint density at radius 3 is 2.62 bits per heavy atom. The molecule has 2 unspecified atom stereocenters. The zero-order valence-electron chi connectivity index (χ0n) is 20.0. The molecule has 192 valence electrons. The molecule has 1 spiro atoms. The Morgan fingerprint density at radius 1 is 1.14 bits per heavy atom. The number of ether oxygens (including phenoxy) is 1. The minimum Gasteiger partial charge on any atom is -0.478 e. The first-order chi connectivity index (χ1) is 17.8. The molecule has 7 nitrogen and oxygen atoms in total.